The van der Waals surface area contributed by atoms with E-state index < -0.39 is 0 Å². The quantitative estimate of drug-likeness (QED) is 0.840. The fraction of sp³-hybridized carbons (Fsp3) is 0.316. The molecule has 0 saturated heterocycles. The molecule has 128 valence electrons. The molecule has 0 atom stereocenters. The average molecular weight is 328 g/mol. The number of carbonyl (C=O) groups excluding carboxylic acids is 1. The fourth-order valence-electron chi connectivity index (χ4n) is 2.53. The van der Waals surface area contributed by atoms with Gasteiger partial charge in [-0.15, -0.1) is 0 Å². The first-order valence-corrected chi connectivity index (χ1v) is 8.01. The number of carbonyl (C=O) groups is 1. The third-order valence-corrected chi connectivity index (χ3v) is 3.91. The molecule has 0 aromatic heterocycles. The van der Waals surface area contributed by atoms with Crippen molar-refractivity contribution in [3.63, 3.8) is 0 Å². The first-order chi connectivity index (χ1) is 11.6. The van der Waals surface area contributed by atoms with Crippen LogP contribution < -0.4 is 19.7 Å². The first-order valence-electron chi connectivity index (χ1n) is 8.01. The Bertz CT molecular complexity index is 680. The molecule has 0 bridgehead atoms. The van der Waals surface area contributed by atoms with Crippen molar-refractivity contribution < 1.29 is 14.3 Å². The van der Waals surface area contributed by atoms with Gasteiger partial charge in [0.15, 0.2) is 0 Å². The molecule has 0 aliphatic carbocycles. The molecule has 24 heavy (non-hydrogen) atoms. The number of hydrogen-bond donors (Lipinski definition) is 1. The van der Waals surface area contributed by atoms with Gasteiger partial charge in [0.1, 0.15) is 11.5 Å². The Kier molecular flexibility index (Phi) is 6.07. The summed E-state index contributed by atoms with van der Waals surface area (Å²) >= 11 is 0. The molecular weight excluding hydrogens is 304 g/mol. The Labute approximate surface area is 143 Å². The topological polar surface area (TPSA) is 50.8 Å². The summed E-state index contributed by atoms with van der Waals surface area (Å²) in [6, 6.07) is 12.9. The van der Waals surface area contributed by atoms with E-state index in [0.29, 0.717) is 17.1 Å². The van der Waals surface area contributed by atoms with Gasteiger partial charge in [0.25, 0.3) is 5.91 Å². The highest BCUT2D eigenvalue weighted by atomic mass is 16.5. The van der Waals surface area contributed by atoms with Gasteiger partial charge in [-0.25, -0.2) is 0 Å². The summed E-state index contributed by atoms with van der Waals surface area (Å²) in [5.74, 6) is 0.906. The van der Waals surface area contributed by atoms with E-state index in [-0.39, 0.29) is 5.91 Å². The second kappa shape index (κ2) is 8.24. The zero-order valence-electron chi connectivity index (χ0n) is 14.6. The third-order valence-electron chi connectivity index (χ3n) is 3.91. The number of anilines is 2. The van der Waals surface area contributed by atoms with Crippen LogP contribution in [0.4, 0.5) is 11.4 Å². The van der Waals surface area contributed by atoms with Crippen molar-refractivity contribution in [3.8, 4) is 11.5 Å². The lowest BCUT2D eigenvalue weighted by Gasteiger charge is -2.21. The molecule has 0 saturated carbocycles. The predicted molar refractivity (Wildman–Crippen MR) is 97.5 cm³/mol. The lowest BCUT2D eigenvalue weighted by atomic mass is 10.1. The Morgan fingerprint density at radius 3 is 2.21 bits per heavy atom. The van der Waals surface area contributed by atoms with Crippen LogP contribution in [0.15, 0.2) is 42.5 Å². The van der Waals surface area contributed by atoms with E-state index in [2.05, 4.69) is 24.1 Å². The van der Waals surface area contributed by atoms with Crippen molar-refractivity contribution in [2.75, 3.05) is 37.5 Å². The van der Waals surface area contributed by atoms with E-state index in [1.807, 2.05) is 24.3 Å². The molecular formula is C19H24N2O3. The number of rotatable bonds is 7. The summed E-state index contributed by atoms with van der Waals surface area (Å²) in [6.07, 6.45) is 0. The molecule has 1 amide bonds. The summed E-state index contributed by atoms with van der Waals surface area (Å²) in [5, 5.41) is 2.89. The van der Waals surface area contributed by atoms with Crippen LogP contribution in [0.1, 0.15) is 24.2 Å². The fourth-order valence-corrected chi connectivity index (χ4v) is 2.53. The van der Waals surface area contributed by atoms with Gasteiger partial charge in [-0.1, -0.05) is 0 Å². The maximum atomic E-state index is 12.5. The molecule has 2 aromatic carbocycles. The van der Waals surface area contributed by atoms with Gasteiger partial charge in [0.05, 0.1) is 19.8 Å². The summed E-state index contributed by atoms with van der Waals surface area (Å²) < 4.78 is 10.4. The molecule has 0 aliphatic heterocycles. The van der Waals surface area contributed by atoms with Gasteiger partial charge in [0.2, 0.25) is 0 Å². The maximum Gasteiger partial charge on any atom is 0.259 e. The van der Waals surface area contributed by atoms with E-state index in [0.717, 1.165) is 24.5 Å². The number of ether oxygens (including phenoxy) is 2. The van der Waals surface area contributed by atoms with E-state index in [1.165, 1.54) is 7.11 Å². The van der Waals surface area contributed by atoms with Gasteiger partial charge in [0, 0.05) is 30.5 Å². The third kappa shape index (κ3) is 3.98. The highest BCUT2D eigenvalue weighted by molar-refractivity contribution is 6.06. The minimum atomic E-state index is -0.218. The second-order valence-electron chi connectivity index (χ2n) is 5.24. The standard InChI is InChI=1S/C19H24N2O3/c1-5-21(6-2)15-9-7-14(8-10-15)20-19(22)17-12-11-16(23-3)13-18(17)24-4/h7-13H,5-6H2,1-4H3,(H,20,22). The number of methoxy groups -OCH3 is 2. The summed E-state index contributed by atoms with van der Waals surface area (Å²) in [6.45, 7) is 6.14. The average Bonchev–Trinajstić information content (AvgIpc) is 2.63. The number of nitrogens with zero attached hydrogens (tertiary/aromatic N) is 1. The first kappa shape index (κ1) is 17.7. The Hall–Kier alpha value is -2.69. The van der Waals surface area contributed by atoms with Crippen molar-refractivity contribution in [3.05, 3.63) is 48.0 Å². The predicted octanol–water partition coefficient (Wildman–Crippen LogP) is 3.80. The molecule has 2 rings (SSSR count). The van der Waals surface area contributed by atoms with E-state index in [4.69, 9.17) is 9.47 Å². The monoisotopic (exact) mass is 328 g/mol. The van der Waals surface area contributed by atoms with Gasteiger partial charge >= 0.3 is 0 Å². The van der Waals surface area contributed by atoms with Crippen molar-refractivity contribution >= 4 is 17.3 Å². The van der Waals surface area contributed by atoms with Crippen LogP contribution >= 0.6 is 0 Å². The Morgan fingerprint density at radius 2 is 1.67 bits per heavy atom. The summed E-state index contributed by atoms with van der Waals surface area (Å²) in [4.78, 5) is 14.7. The largest absolute Gasteiger partial charge is 0.497 e. The van der Waals surface area contributed by atoms with Gasteiger partial charge in [-0.05, 0) is 50.2 Å². The Morgan fingerprint density at radius 1 is 1.00 bits per heavy atom. The zero-order valence-corrected chi connectivity index (χ0v) is 14.6. The minimum absolute atomic E-state index is 0.218. The molecule has 5 nitrogen and oxygen atoms in total. The van der Waals surface area contributed by atoms with Crippen LogP contribution in [0.25, 0.3) is 0 Å². The van der Waals surface area contributed by atoms with Crippen molar-refractivity contribution in [1.29, 1.82) is 0 Å². The van der Waals surface area contributed by atoms with Crippen LogP contribution in [-0.4, -0.2) is 33.2 Å². The molecule has 0 aliphatic rings. The van der Waals surface area contributed by atoms with E-state index in [9.17, 15) is 4.79 Å². The molecule has 0 radical (unpaired) electrons. The molecule has 0 fully saturated rings. The van der Waals surface area contributed by atoms with Crippen LogP contribution in [0.3, 0.4) is 0 Å². The number of hydrogen-bond acceptors (Lipinski definition) is 4. The van der Waals surface area contributed by atoms with Crippen LogP contribution in [0, 0.1) is 0 Å². The van der Waals surface area contributed by atoms with Crippen molar-refractivity contribution in [2.45, 2.75) is 13.8 Å². The zero-order chi connectivity index (χ0) is 17.5. The van der Waals surface area contributed by atoms with E-state index in [1.54, 1.807) is 25.3 Å². The van der Waals surface area contributed by atoms with Crippen LogP contribution in [-0.2, 0) is 0 Å². The molecule has 2 aromatic rings. The normalized spacial score (nSPS) is 10.2. The Balaban J connectivity index is 2.15. The molecule has 0 spiro atoms. The number of benzene rings is 2. The highest BCUT2D eigenvalue weighted by Gasteiger charge is 2.13. The smallest absolute Gasteiger partial charge is 0.259 e. The number of nitrogens with one attached hydrogen (secondary N) is 1. The maximum absolute atomic E-state index is 12.5. The highest BCUT2D eigenvalue weighted by Crippen LogP contribution is 2.26. The van der Waals surface area contributed by atoms with Crippen LogP contribution in [0.5, 0.6) is 11.5 Å². The van der Waals surface area contributed by atoms with Gasteiger partial charge in [-0.3, -0.25) is 4.79 Å². The summed E-state index contributed by atoms with van der Waals surface area (Å²) in [7, 11) is 3.11. The van der Waals surface area contributed by atoms with Crippen LogP contribution in [0.2, 0.25) is 0 Å². The molecule has 0 unspecified atom stereocenters. The second-order valence-corrected chi connectivity index (χ2v) is 5.24. The molecule has 5 heteroatoms. The SMILES string of the molecule is CCN(CC)c1ccc(NC(=O)c2ccc(OC)cc2OC)cc1. The van der Waals surface area contributed by atoms with Crippen molar-refractivity contribution in [2.24, 2.45) is 0 Å². The van der Waals surface area contributed by atoms with Crippen molar-refractivity contribution in [1.82, 2.24) is 0 Å². The van der Waals surface area contributed by atoms with E-state index >= 15 is 0 Å². The molecule has 0 heterocycles. The lowest BCUT2D eigenvalue weighted by Crippen LogP contribution is -2.21. The minimum Gasteiger partial charge on any atom is -0.497 e. The van der Waals surface area contributed by atoms with Gasteiger partial charge in [-0.2, -0.15) is 0 Å². The number of amides is 1. The van der Waals surface area contributed by atoms with Gasteiger partial charge < -0.3 is 19.7 Å². The summed E-state index contributed by atoms with van der Waals surface area (Å²) in [5.41, 5.74) is 2.35. The molecule has 1 N–H and O–H groups in total. The lowest BCUT2D eigenvalue weighted by molar-refractivity contribution is 0.102.